The number of carbonyl (C=O) groups excluding carboxylic acids is 2. The van der Waals surface area contributed by atoms with Gasteiger partial charge in [0.25, 0.3) is 0 Å². The molecule has 0 fully saturated rings. The number of nitrogens with one attached hydrogen (secondary N) is 1. The van der Waals surface area contributed by atoms with Gasteiger partial charge in [-0.25, -0.2) is 0 Å². The third-order valence-corrected chi connectivity index (χ3v) is 2.83. The van der Waals surface area contributed by atoms with Crippen LogP contribution in [0.3, 0.4) is 0 Å². The summed E-state index contributed by atoms with van der Waals surface area (Å²) in [5.74, 6) is -0.637. The van der Waals surface area contributed by atoms with Crippen LogP contribution in [0.1, 0.15) is 32.4 Å². The largest absolute Gasteiger partial charge is 0.385 e. The highest BCUT2D eigenvalue weighted by Gasteiger charge is 2.39. The summed E-state index contributed by atoms with van der Waals surface area (Å²) < 4.78 is 0. The second kappa shape index (κ2) is 5.10. The third kappa shape index (κ3) is 2.91. The summed E-state index contributed by atoms with van der Waals surface area (Å²) in [5, 5.41) is 12.7. The van der Waals surface area contributed by atoms with E-state index in [1.807, 2.05) is 6.07 Å². The predicted octanol–water partition coefficient (Wildman–Crippen LogP) is 1.20. The topological polar surface area (TPSA) is 66.4 Å². The standard InChI is InChI=1S/C13H17NO3/c1-9(15)13(3,14-10(2)16)12(17)11-7-5-4-6-8-11/h4-8,12,17H,1-3H3,(H,14,16)/t12-,13+/m1/s1. The fourth-order valence-corrected chi connectivity index (χ4v) is 1.68. The van der Waals surface area contributed by atoms with Crippen molar-refractivity contribution in [1.82, 2.24) is 5.32 Å². The van der Waals surface area contributed by atoms with Crippen LogP contribution in [0.2, 0.25) is 0 Å². The maximum atomic E-state index is 11.6. The van der Waals surface area contributed by atoms with Crippen molar-refractivity contribution in [2.24, 2.45) is 0 Å². The molecular formula is C13H17NO3. The molecule has 2 atom stereocenters. The lowest BCUT2D eigenvalue weighted by Gasteiger charge is -2.32. The minimum Gasteiger partial charge on any atom is -0.385 e. The zero-order valence-corrected chi connectivity index (χ0v) is 10.2. The molecule has 0 aromatic heterocycles. The van der Waals surface area contributed by atoms with Gasteiger partial charge in [0, 0.05) is 6.92 Å². The third-order valence-electron chi connectivity index (χ3n) is 2.83. The molecule has 17 heavy (non-hydrogen) atoms. The zero-order valence-electron chi connectivity index (χ0n) is 10.2. The number of rotatable bonds is 4. The lowest BCUT2D eigenvalue weighted by molar-refractivity contribution is -0.134. The van der Waals surface area contributed by atoms with Crippen LogP contribution in [0, 0.1) is 0 Å². The van der Waals surface area contributed by atoms with Crippen molar-refractivity contribution in [3.8, 4) is 0 Å². The first-order valence-corrected chi connectivity index (χ1v) is 5.40. The molecule has 0 aliphatic carbocycles. The van der Waals surface area contributed by atoms with Crippen LogP contribution < -0.4 is 5.32 Å². The van der Waals surface area contributed by atoms with Gasteiger partial charge in [0.15, 0.2) is 5.78 Å². The maximum Gasteiger partial charge on any atom is 0.217 e. The Morgan fingerprint density at radius 1 is 1.24 bits per heavy atom. The summed E-state index contributed by atoms with van der Waals surface area (Å²) in [4.78, 5) is 22.8. The second-order valence-electron chi connectivity index (χ2n) is 4.25. The van der Waals surface area contributed by atoms with Gasteiger partial charge in [-0.15, -0.1) is 0 Å². The monoisotopic (exact) mass is 235 g/mol. The minimum absolute atomic E-state index is 0.288. The van der Waals surface area contributed by atoms with Gasteiger partial charge in [0.05, 0.1) is 0 Å². The molecule has 0 saturated heterocycles. The van der Waals surface area contributed by atoms with E-state index in [2.05, 4.69) is 5.32 Å². The molecule has 0 aliphatic heterocycles. The first-order valence-electron chi connectivity index (χ1n) is 5.40. The van der Waals surface area contributed by atoms with Crippen molar-refractivity contribution in [1.29, 1.82) is 0 Å². The van der Waals surface area contributed by atoms with E-state index in [4.69, 9.17) is 0 Å². The number of aliphatic hydroxyl groups excluding tert-OH is 1. The van der Waals surface area contributed by atoms with Gasteiger partial charge in [0.1, 0.15) is 11.6 Å². The molecule has 0 bridgehead atoms. The summed E-state index contributed by atoms with van der Waals surface area (Å²) >= 11 is 0. The molecule has 0 unspecified atom stereocenters. The number of aliphatic hydroxyl groups is 1. The first kappa shape index (κ1) is 13.4. The normalized spacial score (nSPS) is 15.8. The van der Waals surface area contributed by atoms with E-state index < -0.39 is 11.6 Å². The van der Waals surface area contributed by atoms with E-state index in [-0.39, 0.29) is 11.7 Å². The van der Waals surface area contributed by atoms with Crippen LogP contribution in [-0.2, 0) is 9.59 Å². The SMILES string of the molecule is CC(=O)N[C@@](C)(C(C)=O)[C@H](O)c1ccccc1. The van der Waals surface area contributed by atoms with Crippen molar-refractivity contribution < 1.29 is 14.7 Å². The number of carbonyl (C=O) groups is 2. The summed E-state index contributed by atoms with van der Waals surface area (Å²) in [6, 6.07) is 8.79. The molecule has 0 aliphatic rings. The molecule has 0 radical (unpaired) electrons. The summed E-state index contributed by atoms with van der Waals surface area (Å²) in [5.41, 5.74) is -0.702. The number of Topliss-reactive ketones (excluding diaryl/α,β-unsaturated/α-hetero) is 1. The summed E-state index contributed by atoms with van der Waals surface area (Å²) in [7, 11) is 0. The molecule has 2 N–H and O–H groups in total. The summed E-state index contributed by atoms with van der Waals surface area (Å²) in [6.45, 7) is 4.19. The van der Waals surface area contributed by atoms with Crippen LogP contribution in [0.4, 0.5) is 0 Å². The molecule has 0 saturated carbocycles. The highest BCUT2D eigenvalue weighted by molar-refractivity contribution is 5.91. The Balaban J connectivity index is 3.07. The van der Waals surface area contributed by atoms with E-state index >= 15 is 0 Å². The molecule has 4 nitrogen and oxygen atoms in total. The number of ketones is 1. The van der Waals surface area contributed by atoms with Crippen LogP contribution in [-0.4, -0.2) is 22.3 Å². The highest BCUT2D eigenvalue weighted by Crippen LogP contribution is 2.26. The average molecular weight is 235 g/mol. The van der Waals surface area contributed by atoms with Gasteiger partial charge in [-0.2, -0.15) is 0 Å². The molecule has 1 rings (SSSR count). The summed E-state index contributed by atoms with van der Waals surface area (Å²) in [6.07, 6.45) is -1.06. The van der Waals surface area contributed by atoms with Gasteiger partial charge in [0.2, 0.25) is 5.91 Å². The first-order chi connectivity index (χ1) is 7.88. The zero-order chi connectivity index (χ0) is 13.1. The van der Waals surface area contributed by atoms with E-state index in [1.165, 1.54) is 20.8 Å². The average Bonchev–Trinajstić information content (AvgIpc) is 2.28. The molecule has 1 aromatic rings. The molecule has 4 heteroatoms. The Morgan fingerprint density at radius 3 is 2.18 bits per heavy atom. The molecule has 1 aromatic carbocycles. The number of benzene rings is 1. The Labute approximate surface area is 101 Å². The molecular weight excluding hydrogens is 218 g/mol. The lowest BCUT2D eigenvalue weighted by atomic mass is 9.86. The second-order valence-corrected chi connectivity index (χ2v) is 4.25. The van der Waals surface area contributed by atoms with Gasteiger partial charge >= 0.3 is 0 Å². The van der Waals surface area contributed by atoms with Crippen molar-refractivity contribution in [2.75, 3.05) is 0 Å². The molecule has 1 amide bonds. The quantitative estimate of drug-likeness (QED) is 0.824. The lowest BCUT2D eigenvalue weighted by Crippen LogP contribution is -2.54. The Bertz CT molecular complexity index is 416. The number of hydrogen-bond donors (Lipinski definition) is 2. The number of amides is 1. The Hall–Kier alpha value is -1.68. The highest BCUT2D eigenvalue weighted by atomic mass is 16.3. The molecule has 0 spiro atoms. The fraction of sp³-hybridized carbons (Fsp3) is 0.385. The predicted molar refractivity (Wildman–Crippen MR) is 64.3 cm³/mol. The van der Waals surface area contributed by atoms with E-state index in [0.717, 1.165) is 0 Å². The molecule has 0 heterocycles. The van der Waals surface area contributed by atoms with Gasteiger partial charge in [-0.05, 0) is 19.4 Å². The van der Waals surface area contributed by atoms with Crippen LogP contribution in [0.25, 0.3) is 0 Å². The maximum absolute atomic E-state index is 11.6. The van der Waals surface area contributed by atoms with Crippen molar-refractivity contribution >= 4 is 11.7 Å². The van der Waals surface area contributed by atoms with Gasteiger partial charge in [-0.1, -0.05) is 30.3 Å². The van der Waals surface area contributed by atoms with E-state index in [9.17, 15) is 14.7 Å². The van der Waals surface area contributed by atoms with E-state index in [1.54, 1.807) is 24.3 Å². The Morgan fingerprint density at radius 2 is 1.76 bits per heavy atom. The van der Waals surface area contributed by atoms with Crippen molar-refractivity contribution in [2.45, 2.75) is 32.4 Å². The van der Waals surface area contributed by atoms with Gasteiger partial charge in [-0.3, -0.25) is 9.59 Å². The molecule has 92 valence electrons. The smallest absolute Gasteiger partial charge is 0.217 e. The van der Waals surface area contributed by atoms with Gasteiger partial charge < -0.3 is 10.4 Å². The minimum atomic E-state index is -1.30. The fourth-order valence-electron chi connectivity index (χ4n) is 1.68. The van der Waals surface area contributed by atoms with Crippen molar-refractivity contribution in [3.05, 3.63) is 35.9 Å². The van der Waals surface area contributed by atoms with Crippen LogP contribution >= 0.6 is 0 Å². The Kier molecular flexibility index (Phi) is 4.02. The van der Waals surface area contributed by atoms with Crippen molar-refractivity contribution in [3.63, 3.8) is 0 Å². The van der Waals surface area contributed by atoms with Crippen LogP contribution in [0.15, 0.2) is 30.3 Å². The number of hydrogen-bond acceptors (Lipinski definition) is 3. The van der Waals surface area contributed by atoms with E-state index in [0.29, 0.717) is 5.56 Å². The van der Waals surface area contributed by atoms with Crippen LogP contribution in [0.5, 0.6) is 0 Å².